The van der Waals surface area contributed by atoms with Crippen molar-refractivity contribution in [3.63, 3.8) is 0 Å². The number of hydrogen-bond acceptors (Lipinski definition) is 10. The summed E-state index contributed by atoms with van der Waals surface area (Å²) in [6, 6.07) is 0. The van der Waals surface area contributed by atoms with Crippen LogP contribution in [0, 0.1) is 28.6 Å². The van der Waals surface area contributed by atoms with Crippen molar-refractivity contribution in [1.82, 2.24) is 0 Å². The molecular weight excluding hydrogens is 504 g/mol. The molecule has 0 saturated heterocycles. The van der Waals surface area contributed by atoms with Crippen LogP contribution in [0.4, 0.5) is 0 Å². The molecule has 0 heterocycles. The van der Waals surface area contributed by atoms with Gasteiger partial charge in [-0.05, 0) is 65.7 Å². The van der Waals surface area contributed by atoms with Gasteiger partial charge in [-0.25, -0.2) is 0 Å². The van der Waals surface area contributed by atoms with Crippen molar-refractivity contribution in [3.8, 4) is 0 Å². The summed E-state index contributed by atoms with van der Waals surface area (Å²) in [5.41, 5.74) is -1.68. The van der Waals surface area contributed by atoms with Crippen LogP contribution in [0.1, 0.15) is 101 Å². The minimum Gasteiger partial charge on any atom is -0.411 e. The summed E-state index contributed by atoms with van der Waals surface area (Å²) in [6.45, 7) is 18.2. The molecule has 39 heavy (non-hydrogen) atoms. The van der Waals surface area contributed by atoms with E-state index in [1.807, 2.05) is 34.6 Å². The van der Waals surface area contributed by atoms with Crippen molar-refractivity contribution in [2.24, 2.45) is 34.0 Å². The molecule has 0 spiro atoms. The average molecular weight is 561 g/mol. The number of rotatable bonds is 21. The number of aliphatic hydroxyl groups excluding tert-OH is 1. The summed E-state index contributed by atoms with van der Waals surface area (Å²) in [5.74, 6) is -1.24. The number of carbonyl (C=O) groups excluding carboxylic acids is 1. The maximum absolute atomic E-state index is 11.8. The van der Waals surface area contributed by atoms with Crippen LogP contribution in [0.2, 0.25) is 0 Å². The molecule has 0 aromatic carbocycles. The molecule has 6 unspecified atom stereocenters. The Morgan fingerprint density at radius 3 is 1.92 bits per heavy atom. The van der Waals surface area contributed by atoms with Gasteiger partial charge in [0.15, 0.2) is 6.29 Å². The average Bonchev–Trinajstić information content (AvgIpc) is 2.85. The van der Waals surface area contributed by atoms with E-state index in [-0.39, 0.29) is 23.9 Å². The van der Waals surface area contributed by atoms with Crippen LogP contribution in [0.25, 0.3) is 0 Å². The maximum Gasteiger partial charge on any atom is 0.158 e. The van der Waals surface area contributed by atoms with Crippen molar-refractivity contribution in [2.45, 2.75) is 143 Å². The van der Waals surface area contributed by atoms with Crippen LogP contribution in [0.3, 0.4) is 0 Å². The predicted molar refractivity (Wildman–Crippen MR) is 153 cm³/mol. The van der Waals surface area contributed by atoms with Crippen LogP contribution < -0.4 is 0 Å². The van der Waals surface area contributed by atoms with Gasteiger partial charge in [-0.15, -0.1) is 0 Å². The van der Waals surface area contributed by atoms with E-state index < -0.39 is 41.7 Å². The lowest BCUT2D eigenvalue weighted by Gasteiger charge is -2.37. The van der Waals surface area contributed by atoms with Gasteiger partial charge in [0.2, 0.25) is 0 Å². The lowest BCUT2D eigenvalue weighted by atomic mass is 9.76. The minimum absolute atomic E-state index is 0.214. The molecule has 0 aliphatic carbocycles. The Morgan fingerprint density at radius 2 is 1.51 bits per heavy atom. The summed E-state index contributed by atoms with van der Waals surface area (Å²) >= 11 is 0. The second-order valence-corrected chi connectivity index (χ2v) is 12.0. The molecule has 0 aliphatic rings. The molecule has 0 radical (unpaired) electrons. The number of hydrogen-bond donors (Lipinski definition) is 3. The van der Waals surface area contributed by atoms with Gasteiger partial charge in [-0.1, -0.05) is 51.9 Å². The molecule has 0 saturated carbocycles. The summed E-state index contributed by atoms with van der Waals surface area (Å²) in [5, 5.41) is 38.0. The van der Waals surface area contributed by atoms with Crippen LogP contribution in [-0.2, 0) is 19.0 Å². The first-order valence-electron chi connectivity index (χ1n) is 14.3. The summed E-state index contributed by atoms with van der Waals surface area (Å²) in [6.07, 6.45) is 0.338. The molecule has 0 amide bonds. The van der Waals surface area contributed by atoms with Gasteiger partial charge < -0.3 is 34.4 Å². The van der Waals surface area contributed by atoms with E-state index in [0.29, 0.717) is 37.8 Å². The third-order valence-corrected chi connectivity index (χ3v) is 7.89. The molecule has 0 rings (SSSR count). The van der Waals surface area contributed by atoms with Crippen molar-refractivity contribution >= 4 is 12.0 Å². The smallest absolute Gasteiger partial charge is 0.158 e. The van der Waals surface area contributed by atoms with Gasteiger partial charge in [0.05, 0.1) is 35.7 Å². The first kappa shape index (κ1) is 37.5. The largest absolute Gasteiger partial charge is 0.411 e. The highest BCUT2D eigenvalue weighted by molar-refractivity contribution is 5.88. The first-order valence-corrected chi connectivity index (χ1v) is 14.3. The number of nitroso groups, excluding NO2 is 1. The topological polar surface area (TPSA) is 147 Å². The normalized spacial score (nSPS) is 22.7. The second-order valence-electron chi connectivity index (χ2n) is 12.0. The van der Waals surface area contributed by atoms with Gasteiger partial charge in [-0.3, -0.25) is 0 Å². The molecule has 11 atom stereocenters. The zero-order valence-corrected chi connectivity index (χ0v) is 26.1. The zero-order chi connectivity index (χ0) is 30.6. The van der Waals surface area contributed by atoms with E-state index >= 15 is 0 Å². The highest BCUT2D eigenvalue weighted by Gasteiger charge is 2.40. The third-order valence-electron chi connectivity index (χ3n) is 7.89. The van der Waals surface area contributed by atoms with Gasteiger partial charge in [-0.2, -0.15) is 4.91 Å². The van der Waals surface area contributed by atoms with Crippen LogP contribution in [0.15, 0.2) is 10.3 Å². The number of carbonyl (C=O) groups is 1. The van der Waals surface area contributed by atoms with Gasteiger partial charge >= 0.3 is 0 Å². The molecule has 0 aromatic rings. The van der Waals surface area contributed by atoms with E-state index in [0.717, 1.165) is 6.29 Å². The molecule has 0 bridgehead atoms. The van der Waals surface area contributed by atoms with Crippen molar-refractivity contribution < 1.29 is 34.4 Å². The van der Waals surface area contributed by atoms with E-state index in [4.69, 9.17) is 14.2 Å². The van der Waals surface area contributed by atoms with E-state index in [9.17, 15) is 25.1 Å². The van der Waals surface area contributed by atoms with E-state index in [2.05, 4.69) is 10.3 Å². The SMILES string of the molecule is CCC(OC)[C@](C)(C[C@@H](C)/C(=N/O)C(C)C[C@](C)(O)CC(C)C(O[C@@H](CC)OC(C)[C@@H](C)O)C(C)C=O)N=O. The fourth-order valence-electron chi connectivity index (χ4n) is 5.76. The fourth-order valence-corrected chi connectivity index (χ4v) is 5.76. The van der Waals surface area contributed by atoms with Crippen LogP contribution in [-0.4, -0.2) is 76.4 Å². The monoisotopic (exact) mass is 560 g/mol. The molecule has 0 fully saturated rings. The van der Waals surface area contributed by atoms with Crippen molar-refractivity contribution in [1.29, 1.82) is 0 Å². The second kappa shape index (κ2) is 17.4. The van der Waals surface area contributed by atoms with Gasteiger partial charge in [0.25, 0.3) is 0 Å². The van der Waals surface area contributed by atoms with E-state index in [1.54, 1.807) is 41.7 Å². The lowest BCUT2D eigenvalue weighted by molar-refractivity contribution is -0.223. The number of oxime groups is 1. The molecule has 0 aliphatic heterocycles. The summed E-state index contributed by atoms with van der Waals surface area (Å²) in [7, 11) is 1.55. The fraction of sp³-hybridized carbons (Fsp3) is 0.931. The number of methoxy groups -OCH3 is 1. The Labute approximate surface area is 235 Å². The van der Waals surface area contributed by atoms with Gasteiger partial charge in [0.1, 0.15) is 11.8 Å². The van der Waals surface area contributed by atoms with Crippen molar-refractivity contribution in [3.05, 3.63) is 4.91 Å². The summed E-state index contributed by atoms with van der Waals surface area (Å²) in [4.78, 5) is 23.5. The number of ether oxygens (including phenoxy) is 3. The third kappa shape index (κ3) is 11.9. The van der Waals surface area contributed by atoms with Crippen LogP contribution >= 0.6 is 0 Å². The Balaban J connectivity index is 5.60. The quantitative estimate of drug-likeness (QED) is 0.0426. The minimum atomic E-state index is -1.17. The standard InChI is InChI=1S/C29H56N2O8/c1-12-24(37-11)29(10,31-36)16-19(4)26(30-35)18(3)14-28(9,34)15-20(5)27(21(6)17-32)39-25(13-2)38-23(8)22(7)33/h17-25,27,33-35H,12-16H2,1-11H3/b30-26+/t18?,19-,20?,21?,22-,23?,24?,25+,27?,28+,29+/m1/s1. The Kier molecular flexibility index (Phi) is 16.7. The summed E-state index contributed by atoms with van der Waals surface area (Å²) < 4.78 is 17.5. The first-order chi connectivity index (χ1) is 18.1. The number of nitrogens with zero attached hydrogens (tertiary/aromatic N) is 2. The molecule has 3 N–H and O–H groups in total. The molecule has 0 aromatic heterocycles. The number of aldehydes is 1. The predicted octanol–water partition coefficient (Wildman–Crippen LogP) is 5.34. The number of aliphatic hydroxyl groups is 2. The highest BCUT2D eigenvalue weighted by Crippen LogP contribution is 2.34. The molecular formula is C29H56N2O8. The molecule has 10 nitrogen and oxygen atoms in total. The van der Waals surface area contributed by atoms with Gasteiger partial charge in [0, 0.05) is 24.9 Å². The Morgan fingerprint density at radius 1 is 0.949 bits per heavy atom. The highest BCUT2D eigenvalue weighted by atomic mass is 16.7. The van der Waals surface area contributed by atoms with Crippen molar-refractivity contribution in [2.75, 3.05) is 7.11 Å². The maximum atomic E-state index is 11.8. The Bertz CT molecular complexity index is 743. The Hall–Kier alpha value is -1.46. The van der Waals surface area contributed by atoms with E-state index in [1.165, 1.54) is 0 Å². The molecule has 10 heteroatoms. The van der Waals surface area contributed by atoms with Crippen LogP contribution in [0.5, 0.6) is 0 Å². The molecule has 230 valence electrons. The zero-order valence-electron chi connectivity index (χ0n) is 26.1. The lowest BCUT2D eigenvalue weighted by Crippen LogP contribution is -2.43.